The molecular formula is C20H25N3O4. The lowest BCUT2D eigenvalue weighted by atomic mass is 9.91. The molecule has 1 N–H and O–H groups in total. The first-order chi connectivity index (χ1) is 13.2. The molecule has 0 aromatic heterocycles. The van der Waals surface area contributed by atoms with Crippen LogP contribution in [0.15, 0.2) is 18.2 Å². The summed E-state index contributed by atoms with van der Waals surface area (Å²) in [6, 6.07) is 5.30. The first-order valence-corrected chi connectivity index (χ1v) is 9.85. The number of ether oxygens (including phenoxy) is 2. The highest BCUT2D eigenvalue weighted by Crippen LogP contribution is 2.59. The summed E-state index contributed by atoms with van der Waals surface area (Å²) in [5.41, 5.74) is 0.872. The van der Waals surface area contributed by atoms with E-state index >= 15 is 0 Å². The normalized spacial score (nSPS) is 25.6. The van der Waals surface area contributed by atoms with Crippen LogP contribution in [0, 0.1) is 11.3 Å². The molecule has 1 aromatic carbocycles. The van der Waals surface area contributed by atoms with Crippen molar-refractivity contribution in [2.24, 2.45) is 11.3 Å². The molecule has 7 heteroatoms. The van der Waals surface area contributed by atoms with Crippen LogP contribution in [0.5, 0.6) is 11.5 Å². The summed E-state index contributed by atoms with van der Waals surface area (Å²) in [7, 11) is 0. The van der Waals surface area contributed by atoms with E-state index in [4.69, 9.17) is 9.47 Å². The molecule has 5 rings (SSSR count). The Morgan fingerprint density at radius 3 is 2.48 bits per heavy atom. The van der Waals surface area contributed by atoms with Crippen LogP contribution in [0.1, 0.15) is 29.6 Å². The maximum atomic E-state index is 12.9. The Hall–Kier alpha value is -2.28. The molecule has 144 valence electrons. The summed E-state index contributed by atoms with van der Waals surface area (Å²) in [6.07, 6.45) is 3.28. The minimum atomic E-state index is -0.0124. The predicted octanol–water partition coefficient (Wildman–Crippen LogP) is 1.09. The fraction of sp³-hybridized carbons (Fsp3) is 0.600. The van der Waals surface area contributed by atoms with Gasteiger partial charge in [0.15, 0.2) is 11.5 Å². The summed E-state index contributed by atoms with van der Waals surface area (Å²) in [4.78, 5) is 29.5. The van der Waals surface area contributed by atoms with Crippen molar-refractivity contribution in [2.45, 2.75) is 19.3 Å². The van der Waals surface area contributed by atoms with Gasteiger partial charge in [0, 0.05) is 37.7 Å². The van der Waals surface area contributed by atoms with Gasteiger partial charge in [-0.3, -0.25) is 9.59 Å². The zero-order valence-corrected chi connectivity index (χ0v) is 15.4. The van der Waals surface area contributed by atoms with E-state index in [0.29, 0.717) is 49.1 Å². The molecular weight excluding hydrogens is 346 g/mol. The number of piperazine rings is 1. The Bertz CT molecular complexity index is 766. The number of nitrogens with one attached hydrogen (secondary N) is 1. The largest absolute Gasteiger partial charge is 0.454 e. The van der Waals surface area contributed by atoms with Crippen LogP contribution in [0.4, 0.5) is 0 Å². The number of amides is 2. The van der Waals surface area contributed by atoms with Gasteiger partial charge < -0.3 is 24.6 Å². The molecule has 3 fully saturated rings. The Balaban J connectivity index is 1.18. The summed E-state index contributed by atoms with van der Waals surface area (Å²) < 4.78 is 10.7. The van der Waals surface area contributed by atoms with Gasteiger partial charge in [-0.15, -0.1) is 0 Å². The minimum absolute atomic E-state index is 0.0124. The van der Waals surface area contributed by atoms with E-state index in [1.807, 2.05) is 9.80 Å². The van der Waals surface area contributed by atoms with Crippen molar-refractivity contribution >= 4 is 11.8 Å². The SMILES string of the molecule is O=C(c1ccc2c(c1)OCO2)N1CCN(C(=O)C2CC23CCNCC3)CC1. The first-order valence-electron chi connectivity index (χ1n) is 9.85. The van der Waals surface area contributed by atoms with Gasteiger partial charge >= 0.3 is 0 Å². The Labute approximate surface area is 158 Å². The van der Waals surface area contributed by atoms with Gasteiger partial charge in [-0.1, -0.05) is 0 Å². The van der Waals surface area contributed by atoms with Gasteiger partial charge in [-0.05, 0) is 56.0 Å². The van der Waals surface area contributed by atoms with Crippen LogP contribution in [0.25, 0.3) is 0 Å². The molecule has 1 unspecified atom stereocenters. The molecule has 0 bridgehead atoms. The molecule has 3 heterocycles. The van der Waals surface area contributed by atoms with Crippen molar-refractivity contribution in [2.75, 3.05) is 46.1 Å². The van der Waals surface area contributed by atoms with Crippen LogP contribution in [-0.2, 0) is 4.79 Å². The van der Waals surface area contributed by atoms with Gasteiger partial charge in [-0.25, -0.2) is 0 Å². The van der Waals surface area contributed by atoms with Crippen molar-refractivity contribution in [3.05, 3.63) is 23.8 Å². The quantitative estimate of drug-likeness (QED) is 0.843. The Morgan fingerprint density at radius 1 is 1.00 bits per heavy atom. The lowest BCUT2D eigenvalue weighted by Gasteiger charge is -2.35. The molecule has 4 aliphatic rings. The Kier molecular flexibility index (Phi) is 4.00. The average Bonchev–Trinajstić information content (AvgIpc) is 3.19. The summed E-state index contributed by atoms with van der Waals surface area (Å²) in [6.45, 7) is 4.68. The molecule has 1 spiro atoms. The molecule has 1 saturated carbocycles. The number of nitrogens with zero attached hydrogens (tertiary/aromatic N) is 2. The van der Waals surface area contributed by atoms with E-state index in [-0.39, 0.29) is 24.0 Å². The van der Waals surface area contributed by atoms with Crippen molar-refractivity contribution in [1.82, 2.24) is 15.1 Å². The fourth-order valence-electron chi connectivity index (χ4n) is 4.74. The number of hydrogen-bond donors (Lipinski definition) is 1. The number of carbonyl (C=O) groups is 2. The minimum Gasteiger partial charge on any atom is -0.454 e. The lowest BCUT2D eigenvalue weighted by molar-refractivity contribution is -0.135. The van der Waals surface area contributed by atoms with Crippen LogP contribution in [0.2, 0.25) is 0 Å². The number of fused-ring (bicyclic) bond motifs is 1. The van der Waals surface area contributed by atoms with Crippen LogP contribution in [-0.4, -0.2) is 67.7 Å². The molecule has 1 aliphatic carbocycles. The van der Waals surface area contributed by atoms with Crippen molar-refractivity contribution in [3.8, 4) is 11.5 Å². The Morgan fingerprint density at radius 2 is 1.70 bits per heavy atom. The van der Waals surface area contributed by atoms with Crippen LogP contribution >= 0.6 is 0 Å². The zero-order valence-electron chi connectivity index (χ0n) is 15.4. The number of hydrogen-bond acceptors (Lipinski definition) is 5. The molecule has 2 saturated heterocycles. The van der Waals surface area contributed by atoms with E-state index in [9.17, 15) is 9.59 Å². The lowest BCUT2D eigenvalue weighted by Crippen LogP contribution is -2.51. The highest BCUT2D eigenvalue weighted by molar-refractivity contribution is 5.95. The second kappa shape index (κ2) is 6.41. The first kappa shape index (κ1) is 16.9. The third-order valence-electron chi connectivity index (χ3n) is 6.59. The van der Waals surface area contributed by atoms with E-state index in [0.717, 1.165) is 32.4 Å². The molecule has 7 nitrogen and oxygen atoms in total. The number of benzene rings is 1. The summed E-state index contributed by atoms with van der Waals surface area (Å²) in [5, 5.41) is 3.38. The number of rotatable bonds is 2. The zero-order chi connectivity index (χ0) is 18.4. The third kappa shape index (κ3) is 2.94. The second-order valence-corrected chi connectivity index (χ2v) is 8.05. The molecule has 1 atom stereocenters. The predicted molar refractivity (Wildman–Crippen MR) is 97.7 cm³/mol. The molecule has 27 heavy (non-hydrogen) atoms. The maximum absolute atomic E-state index is 12.9. The van der Waals surface area contributed by atoms with Gasteiger partial charge in [-0.2, -0.15) is 0 Å². The van der Waals surface area contributed by atoms with Gasteiger partial charge in [0.2, 0.25) is 12.7 Å². The highest BCUT2D eigenvalue weighted by Gasteiger charge is 2.58. The van der Waals surface area contributed by atoms with Crippen molar-refractivity contribution < 1.29 is 19.1 Å². The van der Waals surface area contributed by atoms with Crippen LogP contribution < -0.4 is 14.8 Å². The molecule has 3 aliphatic heterocycles. The second-order valence-electron chi connectivity index (χ2n) is 8.05. The van der Waals surface area contributed by atoms with E-state index in [1.165, 1.54) is 0 Å². The van der Waals surface area contributed by atoms with E-state index in [1.54, 1.807) is 18.2 Å². The molecule has 2 amide bonds. The average molecular weight is 371 g/mol. The smallest absolute Gasteiger partial charge is 0.254 e. The highest BCUT2D eigenvalue weighted by atomic mass is 16.7. The summed E-state index contributed by atoms with van der Waals surface area (Å²) >= 11 is 0. The van der Waals surface area contributed by atoms with Crippen molar-refractivity contribution in [3.63, 3.8) is 0 Å². The molecule has 0 radical (unpaired) electrons. The van der Waals surface area contributed by atoms with E-state index < -0.39 is 0 Å². The summed E-state index contributed by atoms with van der Waals surface area (Å²) in [5.74, 6) is 1.79. The maximum Gasteiger partial charge on any atom is 0.254 e. The topological polar surface area (TPSA) is 71.1 Å². The van der Waals surface area contributed by atoms with Gasteiger partial charge in [0.05, 0.1) is 0 Å². The van der Waals surface area contributed by atoms with Crippen molar-refractivity contribution in [1.29, 1.82) is 0 Å². The van der Waals surface area contributed by atoms with Crippen LogP contribution in [0.3, 0.4) is 0 Å². The standard InChI is InChI=1S/C20H25N3O4/c24-18(14-1-2-16-17(11-14)27-13-26-16)22-7-9-23(10-8-22)19(25)15-12-20(15)3-5-21-6-4-20/h1-2,11,15,21H,3-10,12-13H2. The van der Waals surface area contributed by atoms with Gasteiger partial charge in [0.25, 0.3) is 5.91 Å². The third-order valence-corrected chi connectivity index (χ3v) is 6.59. The van der Waals surface area contributed by atoms with E-state index in [2.05, 4.69) is 5.32 Å². The number of carbonyl (C=O) groups excluding carboxylic acids is 2. The van der Waals surface area contributed by atoms with Gasteiger partial charge in [0.1, 0.15) is 0 Å². The molecule has 1 aromatic rings. The number of piperidine rings is 1. The monoisotopic (exact) mass is 371 g/mol. The fourth-order valence-corrected chi connectivity index (χ4v) is 4.74.